The van der Waals surface area contributed by atoms with Gasteiger partial charge >= 0.3 is 0 Å². The summed E-state index contributed by atoms with van der Waals surface area (Å²) < 4.78 is 15.2. The Morgan fingerprint density at radius 3 is 2.73 bits per heavy atom. The van der Waals surface area contributed by atoms with Crippen molar-refractivity contribution < 1.29 is 9.18 Å². The zero-order valence-electron chi connectivity index (χ0n) is 14.9. The van der Waals surface area contributed by atoms with Gasteiger partial charge in [-0.2, -0.15) is 0 Å². The van der Waals surface area contributed by atoms with Crippen LogP contribution in [0.3, 0.4) is 0 Å². The molecule has 2 aromatic rings. The maximum atomic E-state index is 15.2. The molecule has 1 aromatic carbocycles. The van der Waals surface area contributed by atoms with Crippen molar-refractivity contribution in [2.45, 2.75) is 18.8 Å². The van der Waals surface area contributed by atoms with Gasteiger partial charge in [0.05, 0.1) is 10.6 Å². The van der Waals surface area contributed by atoms with Crippen molar-refractivity contribution in [2.75, 3.05) is 31.7 Å². The van der Waals surface area contributed by atoms with Crippen LogP contribution in [0.5, 0.6) is 0 Å². The number of fused-ring (bicyclic) bond motifs is 2. The molecule has 3 N–H and O–H groups in total. The van der Waals surface area contributed by atoms with E-state index >= 15 is 4.39 Å². The Labute approximate surface area is 156 Å². The smallest absolute Gasteiger partial charge is 0.258 e. The van der Waals surface area contributed by atoms with Gasteiger partial charge in [0.25, 0.3) is 5.91 Å². The molecular formula is C19H20ClFN4O. The molecule has 2 heterocycles. The topological polar surface area (TPSA) is 71.2 Å². The summed E-state index contributed by atoms with van der Waals surface area (Å²) in [6.07, 6.45) is 2.59. The number of aromatic nitrogens is 1. The molecule has 7 heteroatoms. The first-order valence-corrected chi connectivity index (χ1v) is 8.88. The van der Waals surface area contributed by atoms with Gasteiger partial charge in [-0.25, -0.2) is 9.37 Å². The third-order valence-corrected chi connectivity index (χ3v) is 6.02. The lowest BCUT2D eigenvalue weighted by Gasteiger charge is -2.17. The van der Waals surface area contributed by atoms with Crippen LogP contribution < -0.4 is 11.1 Å². The number of nitrogens with one attached hydrogen (secondary N) is 1. The van der Waals surface area contributed by atoms with E-state index in [1.54, 1.807) is 26.4 Å². The van der Waals surface area contributed by atoms with Crippen LogP contribution in [0.4, 0.5) is 15.9 Å². The lowest BCUT2D eigenvalue weighted by molar-refractivity contribution is 0.0824. The Kier molecular flexibility index (Phi) is 3.67. The van der Waals surface area contributed by atoms with Gasteiger partial charge < -0.3 is 16.0 Å². The molecule has 1 spiro atoms. The summed E-state index contributed by atoms with van der Waals surface area (Å²) in [4.78, 5) is 18.1. The summed E-state index contributed by atoms with van der Waals surface area (Å²) in [5.74, 6) is 0.119. The maximum absolute atomic E-state index is 15.2. The number of nitrogen functional groups attached to an aromatic ring is 1. The molecular weight excluding hydrogens is 355 g/mol. The number of rotatable bonds is 2. The van der Waals surface area contributed by atoms with Crippen LogP contribution in [0.25, 0.3) is 11.1 Å². The quantitative estimate of drug-likeness (QED) is 0.789. The minimum absolute atomic E-state index is 0.0119. The molecule has 1 saturated carbocycles. The van der Waals surface area contributed by atoms with E-state index in [-0.39, 0.29) is 22.2 Å². The Morgan fingerprint density at radius 2 is 2.12 bits per heavy atom. The van der Waals surface area contributed by atoms with Gasteiger partial charge in [-0.1, -0.05) is 18.5 Å². The Morgan fingerprint density at radius 1 is 1.42 bits per heavy atom. The van der Waals surface area contributed by atoms with Crippen molar-refractivity contribution in [3.05, 3.63) is 40.3 Å². The molecule has 4 rings (SSSR count). The van der Waals surface area contributed by atoms with E-state index in [0.717, 1.165) is 24.3 Å². The monoisotopic (exact) mass is 374 g/mol. The second-order valence-corrected chi connectivity index (χ2v) is 7.79. The van der Waals surface area contributed by atoms with Gasteiger partial charge in [0.15, 0.2) is 0 Å². The zero-order chi connectivity index (χ0) is 18.8. The lowest BCUT2D eigenvalue weighted by Crippen LogP contribution is -2.24. The molecule has 136 valence electrons. The summed E-state index contributed by atoms with van der Waals surface area (Å²) >= 11 is 6.71. The number of halogens is 2. The number of hydrogen-bond acceptors (Lipinski definition) is 4. The molecule has 1 aliphatic carbocycles. The van der Waals surface area contributed by atoms with Gasteiger partial charge in [-0.15, -0.1) is 0 Å². The van der Waals surface area contributed by atoms with E-state index in [9.17, 15) is 4.79 Å². The van der Waals surface area contributed by atoms with E-state index in [1.807, 2.05) is 0 Å². The van der Waals surface area contributed by atoms with E-state index in [4.69, 9.17) is 17.3 Å². The number of amides is 1. The Bertz CT molecular complexity index is 946. The SMILES string of the molecule is C[C@H]1C[C@@]12CNc1ncc(-c3ccc(N)c(C(=O)N(C)C)c3F)c(Cl)c12. The average Bonchev–Trinajstić information content (AvgIpc) is 3.07. The van der Waals surface area contributed by atoms with Crippen molar-refractivity contribution >= 4 is 29.0 Å². The fourth-order valence-electron chi connectivity index (χ4n) is 3.92. The van der Waals surface area contributed by atoms with Crippen molar-refractivity contribution in [1.82, 2.24) is 9.88 Å². The van der Waals surface area contributed by atoms with Crippen LogP contribution in [0, 0.1) is 11.7 Å². The first-order chi connectivity index (χ1) is 12.3. The molecule has 5 nitrogen and oxygen atoms in total. The van der Waals surface area contributed by atoms with E-state index in [2.05, 4.69) is 17.2 Å². The predicted octanol–water partition coefficient (Wildman–Crippen LogP) is 3.53. The van der Waals surface area contributed by atoms with Crippen LogP contribution in [0.2, 0.25) is 5.02 Å². The normalized spacial score (nSPS) is 22.9. The highest BCUT2D eigenvalue weighted by Gasteiger charge is 2.57. The highest BCUT2D eigenvalue weighted by Crippen LogP contribution is 2.61. The number of benzene rings is 1. The van der Waals surface area contributed by atoms with E-state index < -0.39 is 11.7 Å². The molecule has 26 heavy (non-hydrogen) atoms. The molecule has 0 radical (unpaired) electrons. The van der Waals surface area contributed by atoms with Crippen LogP contribution in [-0.4, -0.2) is 36.4 Å². The van der Waals surface area contributed by atoms with E-state index in [0.29, 0.717) is 16.5 Å². The van der Waals surface area contributed by atoms with Crippen LogP contribution >= 0.6 is 11.6 Å². The van der Waals surface area contributed by atoms with Crippen molar-refractivity contribution in [1.29, 1.82) is 0 Å². The molecule has 2 atom stereocenters. The summed E-state index contributed by atoms with van der Waals surface area (Å²) in [5.41, 5.74) is 7.49. The molecule has 0 unspecified atom stereocenters. The van der Waals surface area contributed by atoms with Gasteiger partial charge in [-0.05, 0) is 24.5 Å². The van der Waals surface area contributed by atoms with Crippen molar-refractivity contribution in [2.24, 2.45) is 5.92 Å². The van der Waals surface area contributed by atoms with Crippen LogP contribution in [-0.2, 0) is 5.41 Å². The number of pyridine rings is 1. The second-order valence-electron chi connectivity index (χ2n) is 7.42. The highest BCUT2D eigenvalue weighted by molar-refractivity contribution is 6.34. The number of nitrogens with two attached hydrogens (primary N) is 1. The van der Waals surface area contributed by atoms with Gasteiger partial charge in [0, 0.05) is 54.6 Å². The molecule has 1 aromatic heterocycles. The molecule has 2 aliphatic rings. The lowest BCUT2D eigenvalue weighted by atomic mass is 9.93. The Balaban J connectivity index is 1.90. The fraction of sp³-hybridized carbons (Fsp3) is 0.368. The standard InChI is InChI=1S/C19H20ClFN4O/c1-9-6-19(9)8-24-17-14(19)15(20)11(7-23-17)10-4-5-12(22)13(16(10)21)18(26)25(2)3/h4-5,7,9H,6,8,22H2,1-3H3,(H,23,24)/t9-,19+/m0/s1. The third kappa shape index (κ3) is 2.21. The number of hydrogen-bond donors (Lipinski definition) is 2. The van der Waals surface area contributed by atoms with Crippen LogP contribution in [0.1, 0.15) is 29.3 Å². The molecule has 0 saturated heterocycles. The fourth-order valence-corrected chi connectivity index (χ4v) is 4.35. The number of carbonyl (C=O) groups excluding carboxylic acids is 1. The number of anilines is 2. The summed E-state index contributed by atoms with van der Waals surface area (Å²) in [5, 5.41) is 3.80. The average molecular weight is 375 g/mol. The summed E-state index contributed by atoms with van der Waals surface area (Å²) in [6.45, 7) is 2.98. The molecule has 0 bridgehead atoms. The second kappa shape index (κ2) is 5.58. The minimum Gasteiger partial charge on any atom is -0.398 e. The van der Waals surface area contributed by atoms with Crippen molar-refractivity contribution in [3.63, 3.8) is 0 Å². The molecule has 1 aliphatic heterocycles. The number of carbonyl (C=O) groups is 1. The van der Waals surface area contributed by atoms with Gasteiger partial charge in [0.2, 0.25) is 0 Å². The minimum atomic E-state index is -0.670. The first-order valence-electron chi connectivity index (χ1n) is 8.50. The van der Waals surface area contributed by atoms with Gasteiger partial charge in [0.1, 0.15) is 11.6 Å². The maximum Gasteiger partial charge on any atom is 0.258 e. The third-order valence-electron chi connectivity index (χ3n) is 5.62. The molecule has 1 fully saturated rings. The van der Waals surface area contributed by atoms with E-state index in [1.165, 1.54) is 11.0 Å². The summed E-state index contributed by atoms with van der Waals surface area (Å²) in [7, 11) is 3.11. The summed E-state index contributed by atoms with van der Waals surface area (Å²) in [6, 6.07) is 3.09. The predicted molar refractivity (Wildman–Crippen MR) is 101 cm³/mol. The number of nitrogens with zero attached hydrogens (tertiary/aromatic N) is 2. The van der Waals surface area contributed by atoms with Crippen LogP contribution in [0.15, 0.2) is 18.3 Å². The highest BCUT2D eigenvalue weighted by atomic mass is 35.5. The molecule has 1 amide bonds. The largest absolute Gasteiger partial charge is 0.398 e. The first kappa shape index (κ1) is 17.1. The van der Waals surface area contributed by atoms with Gasteiger partial charge in [-0.3, -0.25) is 4.79 Å². The zero-order valence-corrected chi connectivity index (χ0v) is 15.6. The van der Waals surface area contributed by atoms with Crippen molar-refractivity contribution in [3.8, 4) is 11.1 Å². The Hall–Kier alpha value is -2.34.